The summed E-state index contributed by atoms with van der Waals surface area (Å²) in [5.41, 5.74) is -2.99. The van der Waals surface area contributed by atoms with E-state index in [2.05, 4.69) is 0 Å². The molecular weight excluding hydrogens is 602 g/mol. The van der Waals surface area contributed by atoms with Gasteiger partial charge in [0.05, 0.1) is 42.6 Å². The molecule has 2 aromatic carbocycles. The van der Waals surface area contributed by atoms with Gasteiger partial charge in [0.25, 0.3) is 0 Å². The summed E-state index contributed by atoms with van der Waals surface area (Å²) in [5.74, 6) is -3.18. The van der Waals surface area contributed by atoms with Crippen LogP contribution in [0.2, 0.25) is 0 Å². The number of ketones is 3. The number of nitrogens with zero attached hydrogens (tertiary/aromatic N) is 1. The summed E-state index contributed by atoms with van der Waals surface area (Å²) in [4.78, 5) is 42.2. The van der Waals surface area contributed by atoms with E-state index >= 15 is 0 Å². The predicted molar refractivity (Wildman–Crippen MR) is 159 cm³/mol. The molecule has 2 saturated heterocycles. The van der Waals surface area contributed by atoms with Crippen LogP contribution in [0.25, 0.3) is 0 Å². The third kappa shape index (κ3) is 5.01. The highest BCUT2D eigenvalue weighted by Gasteiger charge is 2.50. The van der Waals surface area contributed by atoms with Gasteiger partial charge in [-0.2, -0.15) is 0 Å². The van der Waals surface area contributed by atoms with Gasteiger partial charge >= 0.3 is 0 Å². The van der Waals surface area contributed by atoms with Crippen LogP contribution in [0.5, 0.6) is 17.2 Å². The van der Waals surface area contributed by atoms with E-state index < -0.39 is 76.9 Å². The lowest BCUT2D eigenvalue weighted by Gasteiger charge is -2.49. The van der Waals surface area contributed by atoms with Crippen molar-refractivity contribution >= 4 is 17.3 Å². The summed E-state index contributed by atoms with van der Waals surface area (Å²) in [5, 5.41) is 45.8. The van der Waals surface area contributed by atoms with Gasteiger partial charge in [-0.15, -0.1) is 0 Å². The molecule has 6 rings (SSSR count). The van der Waals surface area contributed by atoms with Crippen LogP contribution in [0.15, 0.2) is 18.2 Å². The molecule has 0 unspecified atom stereocenters. The first kappa shape index (κ1) is 32.5. The quantitative estimate of drug-likeness (QED) is 0.287. The number of methoxy groups -OCH3 is 2. The fourth-order valence-corrected chi connectivity index (χ4v) is 7.36. The predicted octanol–water partition coefficient (Wildman–Crippen LogP) is 1.97. The van der Waals surface area contributed by atoms with Crippen LogP contribution in [0.3, 0.4) is 0 Å². The summed E-state index contributed by atoms with van der Waals surface area (Å²) in [6, 6.07) is 4.22. The molecule has 248 valence electrons. The van der Waals surface area contributed by atoms with Crippen LogP contribution in [-0.2, 0) is 30.2 Å². The number of hydrogen-bond donors (Lipinski definition) is 4. The number of Topliss-reactive ketones (excluding diaryl/α,β-unsaturated/α-hetero) is 1. The molecule has 2 aliphatic carbocycles. The number of benzene rings is 2. The van der Waals surface area contributed by atoms with E-state index in [9.17, 15) is 34.8 Å². The average Bonchev–Trinajstić information content (AvgIpc) is 3.02. The van der Waals surface area contributed by atoms with Crippen LogP contribution < -0.4 is 4.74 Å². The number of fused-ring (bicyclic) bond motifs is 3. The second-order valence-electron chi connectivity index (χ2n) is 12.5. The number of carbonyl (C=O) groups is 3. The van der Waals surface area contributed by atoms with Crippen molar-refractivity contribution in [3.8, 4) is 17.2 Å². The molecule has 2 fully saturated rings. The van der Waals surface area contributed by atoms with Gasteiger partial charge in [-0.05, 0) is 25.8 Å². The number of aliphatic hydroxyl groups excluding tert-OH is 1. The Morgan fingerprint density at radius 3 is 2.46 bits per heavy atom. The minimum Gasteiger partial charge on any atom is -0.507 e. The van der Waals surface area contributed by atoms with Gasteiger partial charge in [-0.1, -0.05) is 19.1 Å². The fraction of sp³-hybridized carbons (Fsp3) is 0.545. The summed E-state index contributed by atoms with van der Waals surface area (Å²) in [7, 11) is 2.80. The number of morpholine rings is 1. The molecule has 0 radical (unpaired) electrons. The fourth-order valence-electron chi connectivity index (χ4n) is 7.36. The van der Waals surface area contributed by atoms with Gasteiger partial charge in [0.2, 0.25) is 5.78 Å². The molecule has 0 bridgehead atoms. The van der Waals surface area contributed by atoms with E-state index in [1.807, 2.05) is 18.7 Å². The highest BCUT2D eigenvalue weighted by atomic mass is 16.7. The monoisotopic (exact) mass is 641 g/mol. The van der Waals surface area contributed by atoms with Crippen molar-refractivity contribution in [1.82, 2.24) is 4.90 Å². The number of phenols is 2. The van der Waals surface area contributed by atoms with Gasteiger partial charge in [0.1, 0.15) is 22.8 Å². The summed E-state index contributed by atoms with van der Waals surface area (Å²) in [6.45, 7) is 5.82. The van der Waals surface area contributed by atoms with Crippen molar-refractivity contribution in [1.29, 1.82) is 0 Å². The Balaban J connectivity index is 1.42. The number of carbonyl (C=O) groups excluding carboxylic acids is 3. The lowest BCUT2D eigenvalue weighted by atomic mass is 9.72. The molecule has 13 heteroatoms. The SMILES string of the molecule is COc1cccc2c1C(=O)c1c(O)c3c(c(O)c1C2=O)C[C@@](O)(C(C)=O)C[C@@H]3O[C@H]1C[C@H](N2CCO[C@H](OC)[C@H]2O)[C@H](C)[C@H](C)O1. The molecule has 13 nitrogen and oxygen atoms in total. The highest BCUT2D eigenvalue weighted by molar-refractivity contribution is 6.31. The largest absolute Gasteiger partial charge is 0.507 e. The first-order valence-electron chi connectivity index (χ1n) is 15.3. The molecule has 0 saturated carbocycles. The Labute approximate surface area is 265 Å². The number of aliphatic hydroxyl groups is 2. The zero-order valence-corrected chi connectivity index (χ0v) is 26.3. The molecule has 46 heavy (non-hydrogen) atoms. The third-order valence-corrected chi connectivity index (χ3v) is 10.1. The Kier molecular flexibility index (Phi) is 8.47. The topological polar surface area (TPSA) is 182 Å². The van der Waals surface area contributed by atoms with E-state index in [1.165, 1.54) is 39.3 Å². The van der Waals surface area contributed by atoms with Crippen LogP contribution in [0.4, 0.5) is 0 Å². The van der Waals surface area contributed by atoms with E-state index in [-0.39, 0.29) is 58.9 Å². The third-order valence-electron chi connectivity index (χ3n) is 10.1. The summed E-state index contributed by atoms with van der Waals surface area (Å²) >= 11 is 0. The Hall–Kier alpha value is -3.43. The molecule has 2 aromatic rings. The number of phenolic OH excluding ortho intramolecular Hbond substituents is 2. The normalized spacial score (nSPS) is 32.8. The van der Waals surface area contributed by atoms with Gasteiger partial charge in [0, 0.05) is 55.6 Å². The first-order chi connectivity index (χ1) is 21.8. The van der Waals surface area contributed by atoms with Crippen LogP contribution >= 0.6 is 0 Å². The lowest BCUT2D eigenvalue weighted by molar-refractivity contribution is -0.289. The van der Waals surface area contributed by atoms with E-state index in [1.54, 1.807) is 0 Å². The Bertz CT molecular complexity index is 1590. The molecule has 2 aliphatic heterocycles. The highest BCUT2D eigenvalue weighted by Crippen LogP contribution is 2.52. The summed E-state index contributed by atoms with van der Waals surface area (Å²) < 4.78 is 28.8. The van der Waals surface area contributed by atoms with E-state index in [0.29, 0.717) is 13.2 Å². The molecule has 4 aliphatic rings. The smallest absolute Gasteiger partial charge is 0.202 e. The molecule has 0 amide bonds. The average molecular weight is 642 g/mol. The van der Waals surface area contributed by atoms with Crippen LogP contribution in [0, 0.1) is 5.92 Å². The van der Waals surface area contributed by atoms with Gasteiger partial charge in [-0.3, -0.25) is 19.3 Å². The zero-order valence-electron chi connectivity index (χ0n) is 26.3. The lowest BCUT2D eigenvalue weighted by Crippen LogP contribution is -2.61. The molecule has 2 heterocycles. The van der Waals surface area contributed by atoms with Gasteiger partial charge in [-0.25, -0.2) is 0 Å². The second-order valence-corrected chi connectivity index (χ2v) is 12.5. The molecule has 0 spiro atoms. The summed E-state index contributed by atoms with van der Waals surface area (Å²) in [6.07, 6.45) is -4.92. The number of rotatable bonds is 6. The minimum atomic E-state index is -2.02. The van der Waals surface area contributed by atoms with Crippen molar-refractivity contribution in [3.63, 3.8) is 0 Å². The zero-order chi connectivity index (χ0) is 33.2. The maximum atomic E-state index is 13.9. The van der Waals surface area contributed by atoms with Crippen molar-refractivity contribution in [3.05, 3.63) is 51.6 Å². The number of aromatic hydroxyl groups is 2. The van der Waals surface area contributed by atoms with Crippen LogP contribution in [-0.4, -0.2) is 107 Å². The maximum absolute atomic E-state index is 13.9. The van der Waals surface area contributed by atoms with Gasteiger partial charge < -0.3 is 44.1 Å². The minimum absolute atomic E-state index is 0.0114. The maximum Gasteiger partial charge on any atom is 0.202 e. The second kappa shape index (κ2) is 12.0. The molecular formula is C33H39NO12. The van der Waals surface area contributed by atoms with Crippen molar-refractivity contribution < 1.29 is 58.5 Å². The van der Waals surface area contributed by atoms with Crippen molar-refractivity contribution in [2.75, 3.05) is 27.4 Å². The Morgan fingerprint density at radius 2 is 1.78 bits per heavy atom. The number of ether oxygens (including phenoxy) is 5. The van der Waals surface area contributed by atoms with E-state index in [0.717, 1.165) is 0 Å². The van der Waals surface area contributed by atoms with Crippen LogP contribution in [0.1, 0.15) is 82.7 Å². The van der Waals surface area contributed by atoms with E-state index in [4.69, 9.17) is 23.7 Å². The standard InChI is InChI=1S/C33H39NO12/c1-14-15(2)45-22(11-19(14)34-9-10-44-32(43-5)31(34)40)46-21-13-33(41,16(3)35)12-18-24(21)30(39)26-25(28(18)37)27(36)17-7-6-8-20(42-4)23(17)29(26)38/h6-8,14-15,19,21-22,31-32,37,39-41H,9-13H2,1-5H3/t14-,15+,19+,21+,22+,31-,32+,33+/m1/s1. The van der Waals surface area contributed by atoms with Gasteiger partial charge in [0.15, 0.2) is 30.4 Å². The molecule has 0 aromatic heterocycles. The Morgan fingerprint density at radius 1 is 1.07 bits per heavy atom. The number of hydrogen-bond acceptors (Lipinski definition) is 13. The first-order valence-corrected chi connectivity index (χ1v) is 15.3. The molecule has 8 atom stereocenters. The van der Waals surface area contributed by atoms with Crippen molar-refractivity contribution in [2.45, 2.75) is 82.7 Å². The molecule has 4 N–H and O–H groups in total. The van der Waals surface area contributed by atoms with Crippen molar-refractivity contribution in [2.24, 2.45) is 5.92 Å².